The van der Waals surface area contributed by atoms with Gasteiger partial charge in [-0.2, -0.15) is 5.06 Å². The van der Waals surface area contributed by atoms with E-state index < -0.39 is 25.0 Å². The lowest BCUT2D eigenvalue weighted by Crippen LogP contribution is -2.54. The molecule has 0 saturated carbocycles. The van der Waals surface area contributed by atoms with Gasteiger partial charge in [-0.25, -0.2) is 0 Å². The minimum atomic E-state index is -2.06. The van der Waals surface area contributed by atoms with Crippen LogP contribution < -0.4 is 0 Å². The van der Waals surface area contributed by atoms with Crippen LogP contribution in [0.2, 0.25) is 54.4 Å². The van der Waals surface area contributed by atoms with Gasteiger partial charge in [0.05, 0.1) is 31.4 Å². The molecular weight excluding hydrogens is 439 g/mol. The summed E-state index contributed by atoms with van der Waals surface area (Å²) >= 11 is 0. The second-order valence-electron chi connectivity index (χ2n) is 14.0. The fraction of sp³-hybridized carbons (Fsp3) is 1.00. The SMILES string of the molecule is CC(C)(C)[Si](C)(C)OC[C@@H]1[C@@H](O[Si](C)(C)C(C)(C)C)[C@H](O[Si](C)(C)C(C)(C)C)CN1O. The van der Waals surface area contributed by atoms with E-state index in [0.29, 0.717) is 13.2 Å². The van der Waals surface area contributed by atoms with Gasteiger partial charge in [-0.05, 0) is 54.4 Å². The third-order valence-electron chi connectivity index (χ3n) is 8.41. The molecule has 1 rings (SSSR count). The minimum Gasteiger partial charge on any atom is -0.415 e. The molecule has 0 unspecified atom stereocenters. The van der Waals surface area contributed by atoms with Crippen molar-refractivity contribution in [1.29, 1.82) is 0 Å². The van der Waals surface area contributed by atoms with E-state index in [4.69, 9.17) is 13.3 Å². The summed E-state index contributed by atoms with van der Waals surface area (Å²) in [7, 11) is -6.02. The van der Waals surface area contributed by atoms with Crippen molar-refractivity contribution < 1.29 is 18.5 Å². The van der Waals surface area contributed by atoms with E-state index in [1.807, 2.05) is 0 Å². The molecule has 1 saturated heterocycles. The molecule has 1 heterocycles. The van der Waals surface area contributed by atoms with E-state index in [1.165, 1.54) is 5.06 Å². The molecule has 8 heteroatoms. The summed E-state index contributed by atoms with van der Waals surface area (Å²) < 4.78 is 20.3. The number of rotatable bonds is 7. The van der Waals surface area contributed by atoms with Crippen LogP contribution in [-0.4, -0.2) is 66.6 Å². The highest BCUT2D eigenvalue weighted by atomic mass is 28.4. The zero-order valence-corrected chi connectivity index (χ0v) is 26.3. The quantitative estimate of drug-likeness (QED) is 0.394. The van der Waals surface area contributed by atoms with E-state index >= 15 is 0 Å². The van der Waals surface area contributed by atoms with E-state index in [1.54, 1.807) is 0 Å². The Bertz CT molecular complexity index is 603. The van der Waals surface area contributed by atoms with Crippen LogP contribution >= 0.6 is 0 Å². The van der Waals surface area contributed by atoms with Gasteiger partial charge in [0, 0.05) is 0 Å². The van der Waals surface area contributed by atoms with Gasteiger partial charge < -0.3 is 18.5 Å². The first-order valence-electron chi connectivity index (χ1n) is 11.9. The average molecular weight is 492 g/mol. The first-order chi connectivity index (χ1) is 13.4. The van der Waals surface area contributed by atoms with Crippen LogP contribution in [0.4, 0.5) is 0 Å². The van der Waals surface area contributed by atoms with Gasteiger partial charge in [-0.15, -0.1) is 0 Å². The molecule has 1 aliphatic heterocycles. The summed E-state index contributed by atoms with van der Waals surface area (Å²) in [5, 5.41) is 12.7. The number of nitrogens with zero attached hydrogens (tertiary/aromatic N) is 1. The van der Waals surface area contributed by atoms with Crippen LogP contribution in [0.1, 0.15) is 62.3 Å². The fourth-order valence-electron chi connectivity index (χ4n) is 2.86. The van der Waals surface area contributed by atoms with Gasteiger partial charge in [-0.3, -0.25) is 0 Å². The molecule has 0 spiro atoms. The van der Waals surface area contributed by atoms with E-state index in [-0.39, 0.29) is 33.4 Å². The van der Waals surface area contributed by atoms with E-state index in [2.05, 4.69) is 102 Å². The Balaban J connectivity index is 3.23. The molecule has 0 amide bonds. The minimum absolute atomic E-state index is 0.0856. The lowest BCUT2D eigenvalue weighted by atomic mass is 10.1. The van der Waals surface area contributed by atoms with Crippen LogP contribution in [0.5, 0.6) is 0 Å². The zero-order chi connectivity index (χ0) is 24.8. The molecule has 0 aromatic carbocycles. The molecule has 0 aromatic rings. The molecule has 0 aromatic heterocycles. The molecule has 0 aliphatic carbocycles. The topological polar surface area (TPSA) is 51.2 Å². The first kappa shape index (κ1) is 29.5. The summed E-state index contributed by atoms with van der Waals surface area (Å²) in [6.45, 7) is 34.9. The highest BCUT2D eigenvalue weighted by molar-refractivity contribution is 6.75. The Morgan fingerprint density at radius 3 is 1.48 bits per heavy atom. The van der Waals surface area contributed by atoms with Crippen molar-refractivity contribution in [1.82, 2.24) is 5.06 Å². The Kier molecular flexibility index (Phi) is 8.79. The van der Waals surface area contributed by atoms with Crippen molar-refractivity contribution in [3.8, 4) is 0 Å². The Morgan fingerprint density at radius 2 is 1.10 bits per heavy atom. The smallest absolute Gasteiger partial charge is 0.192 e. The van der Waals surface area contributed by atoms with Crippen LogP contribution in [0, 0.1) is 0 Å². The van der Waals surface area contributed by atoms with Gasteiger partial charge in [-0.1, -0.05) is 62.3 Å². The maximum absolute atomic E-state index is 11.0. The molecule has 5 nitrogen and oxygen atoms in total. The highest BCUT2D eigenvalue weighted by Crippen LogP contribution is 2.43. The van der Waals surface area contributed by atoms with Crippen molar-refractivity contribution in [2.24, 2.45) is 0 Å². The Hall–Kier alpha value is 0.451. The molecule has 1 aliphatic rings. The number of hydrogen-bond donors (Lipinski definition) is 1. The predicted molar refractivity (Wildman–Crippen MR) is 140 cm³/mol. The molecule has 31 heavy (non-hydrogen) atoms. The molecule has 186 valence electrons. The van der Waals surface area contributed by atoms with Crippen molar-refractivity contribution >= 4 is 25.0 Å². The van der Waals surface area contributed by atoms with Crippen LogP contribution in [0.3, 0.4) is 0 Å². The highest BCUT2D eigenvalue weighted by Gasteiger charge is 2.52. The molecule has 1 N–H and O–H groups in total. The second-order valence-corrected chi connectivity index (χ2v) is 28.3. The largest absolute Gasteiger partial charge is 0.415 e. The lowest BCUT2D eigenvalue weighted by molar-refractivity contribution is -0.125. The van der Waals surface area contributed by atoms with Crippen molar-refractivity contribution in [2.45, 2.75) is 135 Å². The van der Waals surface area contributed by atoms with Gasteiger partial charge in [0.2, 0.25) is 0 Å². The first-order valence-corrected chi connectivity index (χ1v) is 20.6. The van der Waals surface area contributed by atoms with Gasteiger partial charge in [0.1, 0.15) is 0 Å². The maximum Gasteiger partial charge on any atom is 0.192 e. The van der Waals surface area contributed by atoms with Gasteiger partial charge in [0.15, 0.2) is 25.0 Å². The van der Waals surface area contributed by atoms with Gasteiger partial charge in [0.25, 0.3) is 0 Å². The maximum atomic E-state index is 11.0. The Labute approximate surface area is 196 Å². The molecule has 0 bridgehead atoms. The van der Waals surface area contributed by atoms with Crippen LogP contribution in [0.15, 0.2) is 0 Å². The van der Waals surface area contributed by atoms with Gasteiger partial charge >= 0.3 is 0 Å². The normalized spacial score (nSPS) is 25.4. The van der Waals surface area contributed by atoms with Crippen molar-refractivity contribution in [2.75, 3.05) is 13.2 Å². The standard InChI is InChI=1S/C23H53NO4Si3/c1-21(2,3)29(10,11)26-17-18-20(28-31(14,15)23(7,8)9)19(16-24(18)25)27-30(12,13)22(4,5)6/h18-20,25H,16-17H2,1-15H3/t18-,19-,20-/m1/s1. The summed E-state index contributed by atoms with van der Waals surface area (Å²) in [6.07, 6.45) is -0.335. The van der Waals surface area contributed by atoms with Crippen molar-refractivity contribution in [3.05, 3.63) is 0 Å². The van der Waals surface area contributed by atoms with Crippen molar-refractivity contribution in [3.63, 3.8) is 0 Å². The number of hydroxylamine groups is 2. The van der Waals surface area contributed by atoms with Crippen LogP contribution in [-0.2, 0) is 13.3 Å². The molecule has 1 fully saturated rings. The van der Waals surface area contributed by atoms with E-state index in [9.17, 15) is 5.21 Å². The third-order valence-corrected chi connectivity index (χ3v) is 21.9. The summed E-state index contributed by atoms with van der Waals surface area (Å²) in [5.41, 5.74) is 0. The molecule has 3 atom stereocenters. The summed E-state index contributed by atoms with van der Waals surface area (Å²) in [5.74, 6) is 0. The summed E-state index contributed by atoms with van der Waals surface area (Å²) in [4.78, 5) is 0. The predicted octanol–water partition coefficient (Wildman–Crippen LogP) is 6.86. The van der Waals surface area contributed by atoms with Crippen LogP contribution in [0.25, 0.3) is 0 Å². The monoisotopic (exact) mass is 491 g/mol. The molecule has 0 radical (unpaired) electrons. The number of hydrogen-bond acceptors (Lipinski definition) is 5. The average Bonchev–Trinajstić information content (AvgIpc) is 2.76. The van der Waals surface area contributed by atoms with E-state index in [0.717, 1.165) is 0 Å². The Morgan fingerprint density at radius 1 is 0.710 bits per heavy atom. The second kappa shape index (κ2) is 9.24. The summed E-state index contributed by atoms with van der Waals surface area (Å²) in [6, 6.07) is -0.210. The fourth-order valence-corrected chi connectivity index (χ4v) is 6.55. The molecular formula is C23H53NO4Si3. The lowest BCUT2D eigenvalue weighted by Gasteiger charge is -2.44. The third kappa shape index (κ3) is 6.97. The zero-order valence-electron chi connectivity index (χ0n) is 23.3.